The van der Waals surface area contributed by atoms with Gasteiger partial charge in [0.2, 0.25) is 0 Å². The van der Waals surface area contributed by atoms with E-state index in [4.69, 9.17) is 4.74 Å². The summed E-state index contributed by atoms with van der Waals surface area (Å²) in [4.78, 5) is 6.96. The molecule has 2 aromatic carbocycles. The zero-order valence-corrected chi connectivity index (χ0v) is 20.0. The highest BCUT2D eigenvalue weighted by molar-refractivity contribution is 6.00. The monoisotopic (exact) mass is 486 g/mol. The zero-order valence-electron chi connectivity index (χ0n) is 20.0. The second kappa shape index (κ2) is 10.3. The predicted octanol–water partition coefficient (Wildman–Crippen LogP) is 3.99. The Morgan fingerprint density at radius 1 is 1.17 bits per heavy atom. The van der Waals surface area contributed by atoms with Crippen LogP contribution in [0.15, 0.2) is 42.5 Å². The normalized spacial score (nSPS) is 14.1. The van der Waals surface area contributed by atoms with Crippen molar-refractivity contribution in [3.8, 4) is 40.0 Å². The molecule has 0 bridgehead atoms. The van der Waals surface area contributed by atoms with Crippen LogP contribution >= 0.6 is 0 Å². The van der Waals surface area contributed by atoms with E-state index in [1.165, 1.54) is 12.1 Å². The molecule has 0 atom stereocenters. The van der Waals surface area contributed by atoms with Gasteiger partial charge in [0.05, 0.1) is 28.9 Å². The summed E-state index contributed by atoms with van der Waals surface area (Å²) in [7, 11) is 0. The molecule has 0 unspecified atom stereocenters. The number of ether oxygens (including phenoxy) is 1. The third-order valence-electron chi connectivity index (χ3n) is 6.45. The number of piperazine rings is 1. The number of nitriles is 1. The molecule has 0 radical (unpaired) electrons. The molecular weight excluding hydrogens is 459 g/mol. The van der Waals surface area contributed by atoms with Gasteiger partial charge in [-0.2, -0.15) is 10.4 Å². The molecule has 1 fully saturated rings. The lowest BCUT2D eigenvalue weighted by Crippen LogP contribution is -2.43. The van der Waals surface area contributed by atoms with Crippen molar-refractivity contribution < 1.29 is 14.2 Å². The Balaban J connectivity index is 1.44. The van der Waals surface area contributed by atoms with E-state index in [9.17, 15) is 14.8 Å². The van der Waals surface area contributed by atoms with Crippen LogP contribution in [0.25, 0.3) is 33.4 Å². The summed E-state index contributed by atoms with van der Waals surface area (Å²) in [6, 6.07) is 13.6. The number of nitrogens with one attached hydrogen (secondary N) is 2. The molecule has 36 heavy (non-hydrogen) atoms. The number of nitrogens with zero attached hydrogens (tertiary/aromatic N) is 4. The van der Waals surface area contributed by atoms with Gasteiger partial charge in [-0.05, 0) is 43.2 Å². The number of aromatic amines is 1. The van der Waals surface area contributed by atoms with E-state index in [0.29, 0.717) is 28.9 Å². The summed E-state index contributed by atoms with van der Waals surface area (Å²) in [6.45, 7) is 7.68. The number of benzene rings is 2. The number of hydrogen-bond acceptors (Lipinski definition) is 7. The third-order valence-corrected chi connectivity index (χ3v) is 6.45. The summed E-state index contributed by atoms with van der Waals surface area (Å²) in [5.41, 5.74) is 3.10. The Morgan fingerprint density at radius 2 is 1.94 bits per heavy atom. The minimum atomic E-state index is -0.662. The lowest BCUT2D eigenvalue weighted by atomic mass is 9.93. The number of rotatable bonds is 7. The quantitative estimate of drug-likeness (QED) is 0.339. The SMILES string of the molecule is Cc1n[nH]c2nc(-c3ccc(O)cc3F)c(C#N)c(-c3ccc(OCCCN4CCNCC4)cc3)c12. The van der Waals surface area contributed by atoms with Crippen molar-refractivity contribution in [3.63, 3.8) is 0 Å². The van der Waals surface area contributed by atoms with E-state index in [2.05, 4.69) is 31.5 Å². The number of phenolic OH excluding ortho intramolecular Hbond substituents is 1. The topological polar surface area (TPSA) is 110 Å². The van der Waals surface area contributed by atoms with Crippen molar-refractivity contribution >= 4 is 11.0 Å². The maximum Gasteiger partial charge on any atom is 0.156 e. The van der Waals surface area contributed by atoms with E-state index in [1.54, 1.807) is 0 Å². The summed E-state index contributed by atoms with van der Waals surface area (Å²) < 4.78 is 20.7. The molecule has 2 aromatic heterocycles. The molecule has 1 aliphatic rings. The number of aryl methyl sites for hydroxylation is 1. The Hall–Kier alpha value is -4.00. The second-order valence-electron chi connectivity index (χ2n) is 8.84. The fraction of sp³-hybridized carbons (Fsp3) is 0.296. The summed E-state index contributed by atoms with van der Waals surface area (Å²) >= 11 is 0. The number of aromatic nitrogens is 3. The van der Waals surface area contributed by atoms with Crippen molar-refractivity contribution in [2.75, 3.05) is 39.3 Å². The molecule has 0 saturated carbocycles. The lowest BCUT2D eigenvalue weighted by Gasteiger charge is -2.26. The molecule has 9 heteroatoms. The van der Waals surface area contributed by atoms with Crippen LogP contribution < -0.4 is 10.1 Å². The van der Waals surface area contributed by atoms with Crippen LogP contribution in [0, 0.1) is 24.1 Å². The summed E-state index contributed by atoms with van der Waals surface area (Å²) in [5.74, 6) is -0.112. The number of fused-ring (bicyclic) bond motifs is 1. The zero-order chi connectivity index (χ0) is 25.1. The number of H-pyrrole nitrogens is 1. The summed E-state index contributed by atoms with van der Waals surface area (Å²) in [5, 5.41) is 31.0. The average molecular weight is 487 g/mol. The van der Waals surface area contributed by atoms with Crippen molar-refractivity contribution in [1.29, 1.82) is 5.26 Å². The largest absolute Gasteiger partial charge is 0.508 e. The maximum atomic E-state index is 14.8. The molecule has 3 N–H and O–H groups in total. The van der Waals surface area contributed by atoms with Crippen LogP contribution in [0.2, 0.25) is 0 Å². The first-order valence-electron chi connectivity index (χ1n) is 12.0. The molecular formula is C27H27FN6O2. The van der Waals surface area contributed by atoms with Gasteiger partial charge in [0.25, 0.3) is 0 Å². The molecule has 1 saturated heterocycles. The van der Waals surface area contributed by atoms with E-state index >= 15 is 0 Å². The van der Waals surface area contributed by atoms with Gasteiger partial charge >= 0.3 is 0 Å². The molecule has 5 rings (SSSR count). The van der Waals surface area contributed by atoms with Gasteiger partial charge < -0.3 is 20.1 Å². The van der Waals surface area contributed by atoms with Gasteiger partial charge in [-0.15, -0.1) is 0 Å². The maximum absolute atomic E-state index is 14.8. The molecule has 184 valence electrons. The van der Waals surface area contributed by atoms with E-state index in [-0.39, 0.29) is 22.6 Å². The third kappa shape index (κ3) is 4.73. The number of aromatic hydroxyl groups is 1. The van der Waals surface area contributed by atoms with Gasteiger partial charge in [0, 0.05) is 49.9 Å². The standard InChI is InChI=1S/C27H27FN6O2/c1-17-24-25(18-3-6-20(7-4-18)36-14-2-11-34-12-9-30-10-13-34)22(16-29)26(31-27(24)33-32-17)21-8-5-19(35)15-23(21)28/h3-8,15,30,35H,2,9-14H2,1H3,(H,31,32,33). The van der Waals surface area contributed by atoms with Gasteiger partial charge in [0.15, 0.2) is 5.65 Å². The minimum absolute atomic E-state index is 0.129. The van der Waals surface area contributed by atoms with E-state index in [1.807, 2.05) is 31.2 Å². The second-order valence-corrected chi connectivity index (χ2v) is 8.84. The van der Waals surface area contributed by atoms with Crippen LogP contribution in [0.5, 0.6) is 11.5 Å². The Morgan fingerprint density at radius 3 is 2.67 bits per heavy atom. The first-order valence-corrected chi connectivity index (χ1v) is 12.0. The van der Waals surface area contributed by atoms with Crippen molar-refractivity contribution in [1.82, 2.24) is 25.4 Å². The van der Waals surface area contributed by atoms with Crippen molar-refractivity contribution in [2.45, 2.75) is 13.3 Å². The predicted molar refractivity (Wildman–Crippen MR) is 135 cm³/mol. The highest BCUT2D eigenvalue weighted by Crippen LogP contribution is 2.39. The molecule has 0 amide bonds. The number of hydrogen-bond donors (Lipinski definition) is 3. The Bertz CT molecular complexity index is 1420. The Labute approximate surface area is 208 Å². The van der Waals surface area contributed by atoms with Crippen LogP contribution in [-0.2, 0) is 0 Å². The summed E-state index contributed by atoms with van der Waals surface area (Å²) in [6.07, 6.45) is 0.946. The molecule has 0 aliphatic carbocycles. The first kappa shape index (κ1) is 23.7. The molecule has 1 aliphatic heterocycles. The first-order chi connectivity index (χ1) is 17.5. The number of halogens is 1. The highest BCUT2D eigenvalue weighted by atomic mass is 19.1. The molecule has 8 nitrogen and oxygen atoms in total. The fourth-order valence-corrected chi connectivity index (χ4v) is 4.63. The van der Waals surface area contributed by atoms with Gasteiger partial charge in [-0.25, -0.2) is 9.37 Å². The van der Waals surface area contributed by atoms with Crippen LogP contribution in [0.3, 0.4) is 0 Å². The molecule has 3 heterocycles. The smallest absolute Gasteiger partial charge is 0.156 e. The van der Waals surface area contributed by atoms with Crippen molar-refractivity contribution in [3.05, 3.63) is 59.5 Å². The number of phenols is 1. The van der Waals surface area contributed by atoms with Gasteiger partial charge in [-0.3, -0.25) is 5.10 Å². The lowest BCUT2D eigenvalue weighted by molar-refractivity contribution is 0.214. The van der Waals surface area contributed by atoms with Crippen LogP contribution in [0.4, 0.5) is 4.39 Å². The van der Waals surface area contributed by atoms with E-state index in [0.717, 1.165) is 56.5 Å². The highest BCUT2D eigenvalue weighted by Gasteiger charge is 2.22. The molecule has 0 spiro atoms. The number of pyridine rings is 1. The van der Waals surface area contributed by atoms with E-state index < -0.39 is 5.82 Å². The fourth-order valence-electron chi connectivity index (χ4n) is 4.63. The average Bonchev–Trinajstić information content (AvgIpc) is 3.27. The molecule has 4 aromatic rings. The van der Waals surface area contributed by atoms with Crippen LogP contribution in [-0.4, -0.2) is 64.5 Å². The van der Waals surface area contributed by atoms with Gasteiger partial charge in [0.1, 0.15) is 23.4 Å². The van der Waals surface area contributed by atoms with Gasteiger partial charge in [-0.1, -0.05) is 12.1 Å². The van der Waals surface area contributed by atoms with Crippen LogP contribution in [0.1, 0.15) is 17.7 Å². The van der Waals surface area contributed by atoms with Crippen molar-refractivity contribution in [2.24, 2.45) is 0 Å². The minimum Gasteiger partial charge on any atom is -0.508 e. The Kier molecular flexibility index (Phi) is 6.80.